The number of carbonyl (C=O) groups excluding carboxylic acids is 2. The quantitative estimate of drug-likeness (QED) is 0.173. The Kier molecular flexibility index (Phi) is 9.22. The fraction of sp³-hybridized carbons (Fsp3) is 0.242. The van der Waals surface area contributed by atoms with E-state index in [1.165, 1.54) is 18.0 Å². The first-order valence-corrected chi connectivity index (χ1v) is 16.4. The van der Waals surface area contributed by atoms with Gasteiger partial charge in [-0.15, -0.1) is 21.5 Å². The first-order chi connectivity index (χ1) is 22.4. The van der Waals surface area contributed by atoms with Crippen molar-refractivity contribution in [2.75, 3.05) is 20.0 Å². The molecule has 5 aromatic rings. The number of hydrogen-bond acceptors (Lipinski definition) is 10. The lowest BCUT2D eigenvalue weighted by Gasteiger charge is -2.24. The van der Waals surface area contributed by atoms with Crippen molar-refractivity contribution in [3.05, 3.63) is 105 Å². The molecule has 11 nitrogen and oxygen atoms in total. The topological polar surface area (TPSA) is 124 Å². The predicted molar refractivity (Wildman–Crippen MR) is 176 cm³/mol. The maximum atomic E-state index is 14.0. The molecule has 2 amide bonds. The smallest absolute Gasteiger partial charge is 0.287 e. The lowest BCUT2D eigenvalue weighted by atomic mass is 9.99. The van der Waals surface area contributed by atoms with Gasteiger partial charge in [-0.25, -0.2) is 5.01 Å². The number of nitrogens with zero attached hydrogens (tertiary/aromatic N) is 5. The van der Waals surface area contributed by atoms with Crippen molar-refractivity contribution in [2.45, 2.75) is 38.0 Å². The Bertz CT molecular complexity index is 1880. The third-order valence-electron chi connectivity index (χ3n) is 7.76. The molecule has 0 saturated heterocycles. The number of nitrogens with one attached hydrogen (secondary N) is 1. The van der Waals surface area contributed by atoms with Gasteiger partial charge in [0.1, 0.15) is 0 Å². The van der Waals surface area contributed by atoms with Crippen molar-refractivity contribution in [1.29, 1.82) is 0 Å². The van der Waals surface area contributed by atoms with Crippen LogP contribution in [0.2, 0.25) is 0 Å². The van der Waals surface area contributed by atoms with Crippen LogP contribution < -0.4 is 14.8 Å². The summed E-state index contributed by atoms with van der Waals surface area (Å²) in [4.78, 5) is 27.6. The Balaban J connectivity index is 1.29. The minimum absolute atomic E-state index is 0.0474. The summed E-state index contributed by atoms with van der Waals surface area (Å²) in [6, 6.07) is 18.4. The van der Waals surface area contributed by atoms with Crippen LogP contribution in [0.3, 0.4) is 0 Å². The summed E-state index contributed by atoms with van der Waals surface area (Å²) in [7, 11) is 3.18. The summed E-state index contributed by atoms with van der Waals surface area (Å²) >= 11 is 2.84. The van der Waals surface area contributed by atoms with Crippen LogP contribution in [0, 0.1) is 13.8 Å². The summed E-state index contributed by atoms with van der Waals surface area (Å²) < 4.78 is 18.4. The van der Waals surface area contributed by atoms with Crippen LogP contribution in [0.5, 0.6) is 11.5 Å². The van der Waals surface area contributed by atoms with Gasteiger partial charge in [-0.1, -0.05) is 42.1 Å². The van der Waals surface area contributed by atoms with Crippen molar-refractivity contribution in [2.24, 2.45) is 5.10 Å². The van der Waals surface area contributed by atoms with Crippen LogP contribution in [0.15, 0.2) is 87.0 Å². The number of hydrazone groups is 1. The van der Waals surface area contributed by atoms with E-state index in [0.29, 0.717) is 28.9 Å². The van der Waals surface area contributed by atoms with Crippen LogP contribution in [-0.2, 0) is 11.3 Å². The van der Waals surface area contributed by atoms with Gasteiger partial charge >= 0.3 is 0 Å². The number of carbonyl (C=O) groups is 2. The molecule has 0 aliphatic carbocycles. The highest BCUT2D eigenvalue weighted by atomic mass is 32.2. The molecule has 4 heterocycles. The standard InChI is InChI=1S/C33H32N6O5S2/c1-20-9-5-11-24(21(20)2)38-29(18-34-32(41)27-13-7-15-44-27)35-36-33(38)46-19-30(40)39-25(17-23(37-39)28-14-8-16-45-28)22-10-6-12-26(42-3)31(22)43-4/h5-16,25H,17-19H2,1-4H3,(H,34,41). The van der Waals surface area contributed by atoms with E-state index in [1.54, 1.807) is 42.7 Å². The molecule has 0 radical (unpaired) electrons. The number of benzene rings is 2. The number of furan rings is 1. The fourth-order valence-corrected chi connectivity index (χ4v) is 6.86. The van der Waals surface area contributed by atoms with Gasteiger partial charge in [0, 0.05) is 12.0 Å². The zero-order valence-electron chi connectivity index (χ0n) is 25.7. The molecule has 0 fully saturated rings. The molecule has 1 N–H and O–H groups in total. The number of amides is 2. The largest absolute Gasteiger partial charge is 0.493 e. The first-order valence-electron chi connectivity index (χ1n) is 14.5. The summed E-state index contributed by atoms with van der Waals surface area (Å²) in [5.41, 5.74) is 4.62. The van der Waals surface area contributed by atoms with Crippen LogP contribution in [0.4, 0.5) is 0 Å². The molecule has 1 aliphatic rings. The van der Waals surface area contributed by atoms with Gasteiger partial charge < -0.3 is 19.2 Å². The van der Waals surface area contributed by atoms with Gasteiger partial charge in [-0.2, -0.15) is 5.10 Å². The molecule has 1 aliphatic heterocycles. The normalized spacial score (nSPS) is 14.3. The fourth-order valence-electron chi connectivity index (χ4n) is 5.32. The van der Waals surface area contributed by atoms with Gasteiger partial charge in [-0.05, 0) is 60.7 Å². The monoisotopic (exact) mass is 656 g/mol. The molecule has 46 heavy (non-hydrogen) atoms. The summed E-state index contributed by atoms with van der Waals surface area (Å²) in [6.45, 7) is 4.15. The van der Waals surface area contributed by atoms with Gasteiger partial charge in [-0.3, -0.25) is 14.2 Å². The highest BCUT2D eigenvalue weighted by molar-refractivity contribution is 7.99. The van der Waals surface area contributed by atoms with Crippen LogP contribution in [0.1, 0.15) is 50.4 Å². The highest BCUT2D eigenvalue weighted by Crippen LogP contribution is 2.42. The number of thioether (sulfide) groups is 1. The molecular weight excluding hydrogens is 625 g/mol. The Morgan fingerprint density at radius 1 is 1.04 bits per heavy atom. The molecule has 236 valence electrons. The van der Waals surface area contributed by atoms with E-state index in [1.807, 2.05) is 72.3 Å². The third-order valence-corrected chi connectivity index (χ3v) is 9.59. The van der Waals surface area contributed by atoms with Crippen molar-refractivity contribution in [1.82, 2.24) is 25.1 Å². The van der Waals surface area contributed by atoms with Gasteiger partial charge in [0.15, 0.2) is 28.2 Å². The second-order valence-corrected chi connectivity index (χ2v) is 12.4. The van der Waals surface area contributed by atoms with Crippen molar-refractivity contribution in [3.63, 3.8) is 0 Å². The molecule has 6 rings (SSSR count). The Morgan fingerprint density at radius 3 is 2.63 bits per heavy atom. The molecule has 1 unspecified atom stereocenters. The maximum absolute atomic E-state index is 14.0. The number of ether oxygens (including phenoxy) is 2. The van der Waals surface area contributed by atoms with Crippen LogP contribution >= 0.6 is 23.1 Å². The number of rotatable bonds is 11. The molecule has 13 heteroatoms. The number of aromatic nitrogens is 3. The van der Waals surface area contributed by atoms with Gasteiger partial charge in [0.25, 0.3) is 11.8 Å². The first kappa shape index (κ1) is 31.1. The zero-order chi connectivity index (χ0) is 32.2. The molecular formula is C33H32N6O5S2. The molecule has 1 atom stereocenters. The molecule has 2 aromatic carbocycles. The van der Waals surface area contributed by atoms with E-state index < -0.39 is 0 Å². The lowest BCUT2D eigenvalue weighted by molar-refractivity contribution is -0.130. The van der Waals surface area contributed by atoms with E-state index in [0.717, 1.165) is 33.0 Å². The highest BCUT2D eigenvalue weighted by Gasteiger charge is 2.36. The number of hydrogen-bond donors (Lipinski definition) is 1. The lowest BCUT2D eigenvalue weighted by Crippen LogP contribution is -2.29. The maximum Gasteiger partial charge on any atom is 0.287 e. The number of methoxy groups -OCH3 is 2. The Morgan fingerprint density at radius 2 is 1.89 bits per heavy atom. The van der Waals surface area contributed by atoms with Gasteiger partial charge in [0.2, 0.25) is 0 Å². The second-order valence-electron chi connectivity index (χ2n) is 10.5. The van der Waals surface area contributed by atoms with Gasteiger partial charge in [0.05, 0.1) is 55.1 Å². The van der Waals surface area contributed by atoms with E-state index >= 15 is 0 Å². The summed E-state index contributed by atoms with van der Waals surface area (Å²) in [5.74, 6) is 1.35. The number of para-hydroxylation sites is 1. The minimum Gasteiger partial charge on any atom is -0.493 e. The molecule has 3 aromatic heterocycles. The van der Waals surface area contributed by atoms with Crippen LogP contribution in [0.25, 0.3) is 5.69 Å². The van der Waals surface area contributed by atoms with E-state index in [4.69, 9.17) is 19.0 Å². The SMILES string of the molecule is COc1cccc(C2CC(c3cccs3)=NN2C(=O)CSc2nnc(CNC(=O)c3ccco3)n2-c2cccc(C)c2C)c1OC. The van der Waals surface area contributed by atoms with Crippen molar-refractivity contribution >= 4 is 40.6 Å². The van der Waals surface area contributed by atoms with E-state index in [9.17, 15) is 9.59 Å². The average molecular weight is 657 g/mol. The molecule has 0 saturated carbocycles. The Hall–Kier alpha value is -4.88. The second kappa shape index (κ2) is 13.6. The molecule has 0 spiro atoms. The van der Waals surface area contributed by atoms with E-state index in [2.05, 4.69) is 15.5 Å². The summed E-state index contributed by atoms with van der Waals surface area (Å²) in [5, 5.41) is 20.6. The molecule has 0 bridgehead atoms. The number of thiophene rings is 1. The van der Waals surface area contributed by atoms with E-state index in [-0.39, 0.29) is 35.9 Å². The summed E-state index contributed by atoms with van der Waals surface area (Å²) in [6.07, 6.45) is 1.97. The average Bonchev–Trinajstić information content (AvgIpc) is 3.90. The third kappa shape index (κ3) is 6.15. The minimum atomic E-state index is -0.389. The predicted octanol–water partition coefficient (Wildman–Crippen LogP) is 5.96. The Labute approximate surface area is 274 Å². The zero-order valence-corrected chi connectivity index (χ0v) is 27.4. The van der Waals surface area contributed by atoms with Crippen LogP contribution in [-0.4, -0.2) is 57.3 Å². The van der Waals surface area contributed by atoms with Crippen molar-refractivity contribution < 1.29 is 23.5 Å². The van der Waals surface area contributed by atoms with Crippen molar-refractivity contribution in [3.8, 4) is 17.2 Å². The number of aryl methyl sites for hydroxylation is 1.